The molecule has 0 heterocycles. The number of hydrogen-bond donors (Lipinski definition) is 2. The standard InChI is InChI=1S/C12H15ClFNO2/c1-12(2,7-16)6-15-11(17)8-3-4-9(13)10(14)5-8/h3-5,16H,6-7H2,1-2H3,(H,15,17). The van der Waals surface area contributed by atoms with Gasteiger partial charge in [0, 0.05) is 24.1 Å². The van der Waals surface area contributed by atoms with Crippen molar-refractivity contribution in [3.05, 3.63) is 34.6 Å². The number of benzene rings is 1. The van der Waals surface area contributed by atoms with Crippen molar-refractivity contribution in [2.45, 2.75) is 13.8 Å². The molecule has 0 saturated carbocycles. The molecule has 0 spiro atoms. The lowest BCUT2D eigenvalue weighted by Gasteiger charge is -2.21. The molecule has 0 fully saturated rings. The quantitative estimate of drug-likeness (QED) is 0.871. The van der Waals surface area contributed by atoms with Crippen LogP contribution in [0.25, 0.3) is 0 Å². The second-order valence-corrected chi connectivity index (χ2v) is 5.04. The first-order chi connectivity index (χ1) is 7.85. The Morgan fingerprint density at radius 3 is 2.71 bits per heavy atom. The van der Waals surface area contributed by atoms with Crippen LogP contribution in [0.1, 0.15) is 24.2 Å². The van der Waals surface area contributed by atoms with Crippen LogP contribution >= 0.6 is 11.6 Å². The van der Waals surface area contributed by atoms with Gasteiger partial charge in [-0.2, -0.15) is 0 Å². The van der Waals surface area contributed by atoms with E-state index in [9.17, 15) is 9.18 Å². The fourth-order valence-corrected chi connectivity index (χ4v) is 1.23. The lowest BCUT2D eigenvalue weighted by Crippen LogP contribution is -2.36. The number of aliphatic hydroxyl groups is 1. The molecule has 94 valence electrons. The van der Waals surface area contributed by atoms with E-state index in [1.807, 2.05) is 13.8 Å². The molecule has 1 rings (SSSR count). The Labute approximate surface area is 105 Å². The van der Waals surface area contributed by atoms with Gasteiger partial charge in [-0.25, -0.2) is 4.39 Å². The maximum Gasteiger partial charge on any atom is 0.251 e. The average molecular weight is 260 g/mol. The fraction of sp³-hybridized carbons (Fsp3) is 0.417. The highest BCUT2D eigenvalue weighted by molar-refractivity contribution is 6.30. The Morgan fingerprint density at radius 2 is 2.18 bits per heavy atom. The van der Waals surface area contributed by atoms with Gasteiger partial charge < -0.3 is 10.4 Å². The van der Waals surface area contributed by atoms with E-state index in [0.717, 1.165) is 6.07 Å². The van der Waals surface area contributed by atoms with Gasteiger partial charge in [0.15, 0.2) is 0 Å². The molecule has 0 unspecified atom stereocenters. The van der Waals surface area contributed by atoms with Gasteiger partial charge in [0.25, 0.3) is 5.91 Å². The average Bonchev–Trinajstić information content (AvgIpc) is 2.30. The summed E-state index contributed by atoms with van der Waals surface area (Å²) in [5, 5.41) is 11.6. The van der Waals surface area contributed by atoms with E-state index in [0.29, 0.717) is 6.54 Å². The highest BCUT2D eigenvalue weighted by atomic mass is 35.5. The number of carbonyl (C=O) groups excluding carboxylic acids is 1. The van der Waals surface area contributed by atoms with E-state index < -0.39 is 11.2 Å². The summed E-state index contributed by atoms with van der Waals surface area (Å²) in [4.78, 5) is 11.7. The normalized spacial score (nSPS) is 11.4. The van der Waals surface area contributed by atoms with Gasteiger partial charge in [0.05, 0.1) is 5.02 Å². The van der Waals surface area contributed by atoms with E-state index >= 15 is 0 Å². The SMILES string of the molecule is CC(C)(CO)CNC(=O)c1ccc(Cl)c(F)c1. The molecule has 0 aliphatic carbocycles. The summed E-state index contributed by atoms with van der Waals surface area (Å²) >= 11 is 5.52. The number of rotatable bonds is 4. The molecule has 0 aliphatic heterocycles. The minimum Gasteiger partial charge on any atom is -0.396 e. The smallest absolute Gasteiger partial charge is 0.251 e. The maximum atomic E-state index is 13.1. The van der Waals surface area contributed by atoms with Gasteiger partial charge in [-0.15, -0.1) is 0 Å². The predicted molar refractivity (Wildman–Crippen MR) is 64.6 cm³/mol. The lowest BCUT2D eigenvalue weighted by molar-refractivity contribution is 0.0910. The van der Waals surface area contributed by atoms with Crippen molar-refractivity contribution >= 4 is 17.5 Å². The summed E-state index contributed by atoms with van der Waals surface area (Å²) in [6, 6.07) is 3.87. The third kappa shape index (κ3) is 3.98. The minimum absolute atomic E-state index is 0.0164. The highest BCUT2D eigenvalue weighted by Gasteiger charge is 2.18. The molecule has 0 radical (unpaired) electrons. The minimum atomic E-state index is -0.624. The Balaban J connectivity index is 2.68. The van der Waals surface area contributed by atoms with Crippen LogP contribution in [0.15, 0.2) is 18.2 Å². The van der Waals surface area contributed by atoms with E-state index in [1.54, 1.807) is 0 Å². The van der Waals surface area contributed by atoms with E-state index in [2.05, 4.69) is 5.32 Å². The number of carbonyl (C=O) groups is 1. The van der Waals surface area contributed by atoms with Crippen molar-refractivity contribution in [3.8, 4) is 0 Å². The molecule has 3 nitrogen and oxygen atoms in total. The summed E-state index contributed by atoms with van der Waals surface area (Å²) < 4.78 is 13.1. The summed E-state index contributed by atoms with van der Waals surface area (Å²) in [6.45, 7) is 3.90. The zero-order chi connectivity index (χ0) is 13.1. The van der Waals surface area contributed by atoms with Crippen LogP contribution in [0, 0.1) is 11.2 Å². The highest BCUT2D eigenvalue weighted by Crippen LogP contribution is 2.16. The molecule has 0 atom stereocenters. The Morgan fingerprint density at radius 1 is 1.53 bits per heavy atom. The van der Waals surface area contributed by atoms with Crippen LogP contribution in [0.4, 0.5) is 4.39 Å². The molecule has 1 aromatic rings. The largest absolute Gasteiger partial charge is 0.396 e. The third-order valence-electron chi connectivity index (χ3n) is 2.34. The van der Waals surface area contributed by atoms with Crippen molar-refractivity contribution in [2.24, 2.45) is 5.41 Å². The van der Waals surface area contributed by atoms with Gasteiger partial charge in [-0.1, -0.05) is 25.4 Å². The molecule has 17 heavy (non-hydrogen) atoms. The van der Waals surface area contributed by atoms with Crippen molar-refractivity contribution in [1.82, 2.24) is 5.32 Å². The summed E-state index contributed by atoms with van der Waals surface area (Å²) in [7, 11) is 0. The van der Waals surface area contributed by atoms with Crippen LogP contribution in [0.2, 0.25) is 5.02 Å². The number of amides is 1. The monoisotopic (exact) mass is 259 g/mol. The van der Waals surface area contributed by atoms with Crippen LogP contribution in [0.5, 0.6) is 0 Å². The Bertz CT molecular complexity index is 421. The second-order valence-electron chi connectivity index (χ2n) is 4.63. The van der Waals surface area contributed by atoms with Gasteiger partial charge in [-0.05, 0) is 18.2 Å². The van der Waals surface area contributed by atoms with Gasteiger partial charge in [0.2, 0.25) is 0 Å². The maximum absolute atomic E-state index is 13.1. The first kappa shape index (κ1) is 13.9. The first-order valence-corrected chi connectivity index (χ1v) is 5.57. The molecule has 1 amide bonds. The predicted octanol–water partition coefficient (Wildman–Crippen LogP) is 2.23. The zero-order valence-corrected chi connectivity index (χ0v) is 10.5. The van der Waals surface area contributed by atoms with Crippen molar-refractivity contribution in [2.75, 3.05) is 13.2 Å². The van der Waals surface area contributed by atoms with Gasteiger partial charge >= 0.3 is 0 Å². The lowest BCUT2D eigenvalue weighted by atomic mass is 9.95. The molecule has 5 heteroatoms. The zero-order valence-electron chi connectivity index (χ0n) is 9.76. The molecule has 1 aromatic carbocycles. The fourth-order valence-electron chi connectivity index (χ4n) is 1.11. The summed E-state index contributed by atoms with van der Waals surface area (Å²) in [6.07, 6.45) is 0. The second kappa shape index (κ2) is 5.47. The van der Waals surface area contributed by atoms with Crippen molar-refractivity contribution in [3.63, 3.8) is 0 Å². The molecule has 0 aromatic heterocycles. The van der Waals surface area contributed by atoms with Crippen LogP contribution in [0.3, 0.4) is 0 Å². The van der Waals surface area contributed by atoms with Gasteiger partial charge in [-0.3, -0.25) is 4.79 Å². The molecular weight excluding hydrogens is 245 g/mol. The van der Waals surface area contributed by atoms with E-state index in [-0.39, 0.29) is 23.1 Å². The molecule has 2 N–H and O–H groups in total. The number of halogens is 2. The van der Waals surface area contributed by atoms with E-state index in [1.165, 1.54) is 12.1 Å². The van der Waals surface area contributed by atoms with Gasteiger partial charge in [0.1, 0.15) is 5.82 Å². The number of aliphatic hydroxyl groups excluding tert-OH is 1. The number of hydrogen-bond acceptors (Lipinski definition) is 2. The van der Waals surface area contributed by atoms with Crippen molar-refractivity contribution in [1.29, 1.82) is 0 Å². The van der Waals surface area contributed by atoms with Crippen LogP contribution in [-0.2, 0) is 0 Å². The molecule has 0 saturated heterocycles. The summed E-state index contributed by atoms with van der Waals surface area (Å²) in [5.74, 6) is -1.01. The van der Waals surface area contributed by atoms with Crippen LogP contribution < -0.4 is 5.32 Å². The Kier molecular flexibility index (Phi) is 4.48. The van der Waals surface area contributed by atoms with Crippen molar-refractivity contribution < 1.29 is 14.3 Å². The summed E-state index contributed by atoms with van der Waals surface area (Å²) in [5.41, 5.74) is -0.193. The number of nitrogens with one attached hydrogen (secondary N) is 1. The molecule has 0 bridgehead atoms. The third-order valence-corrected chi connectivity index (χ3v) is 2.64. The van der Waals surface area contributed by atoms with E-state index in [4.69, 9.17) is 16.7 Å². The first-order valence-electron chi connectivity index (χ1n) is 5.20. The molecule has 0 aliphatic rings. The molecular formula is C12H15ClFNO2. The topological polar surface area (TPSA) is 49.3 Å². The Hall–Kier alpha value is -1.13. The van der Waals surface area contributed by atoms with Crippen LogP contribution in [-0.4, -0.2) is 24.2 Å².